The van der Waals surface area contributed by atoms with Gasteiger partial charge in [0.15, 0.2) is 5.96 Å². The van der Waals surface area contributed by atoms with Crippen molar-refractivity contribution in [2.45, 2.75) is 38.3 Å². The number of benzene rings is 1. The molecule has 6 nitrogen and oxygen atoms in total. The van der Waals surface area contributed by atoms with Gasteiger partial charge in [-0.2, -0.15) is 0 Å². The quantitative estimate of drug-likeness (QED) is 0.342. The van der Waals surface area contributed by atoms with Gasteiger partial charge in [-0.25, -0.2) is 9.98 Å². The van der Waals surface area contributed by atoms with Gasteiger partial charge in [-0.1, -0.05) is 17.7 Å². The minimum absolute atomic E-state index is 0. The molecule has 8 heteroatoms. The monoisotopic (exact) mass is 502 g/mol. The van der Waals surface area contributed by atoms with Gasteiger partial charge in [0.05, 0.1) is 18.7 Å². The molecular weight excluding hydrogens is 479 g/mol. The van der Waals surface area contributed by atoms with Crippen molar-refractivity contribution in [2.75, 3.05) is 12.4 Å². The first kappa shape index (κ1) is 21.6. The third-order valence-electron chi connectivity index (χ3n) is 4.24. The number of rotatable bonds is 6. The normalized spacial score (nSPS) is 14.5. The number of ether oxygens (including phenoxy) is 2. The number of methoxy groups -OCH3 is 1. The molecule has 1 fully saturated rings. The molecule has 0 bridgehead atoms. The van der Waals surface area contributed by atoms with E-state index >= 15 is 0 Å². The molecule has 1 aliphatic rings. The van der Waals surface area contributed by atoms with Crippen LogP contribution in [0.1, 0.15) is 31.2 Å². The number of halogens is 2. The zero-order valence-corrected chi connectivity index (χ0v) is 18.2. The third kappa shape index (κ3) is 6.42. The Morgan fingerprint density at radius 1 is 1.30 bits per heavy atom. The van der Waals surface area contributed by atoms with E-state index in [4.69, 9.17) is 26.8 Å². The molecular formula is C19H24ClIN4O2. The van der Waals surface area contributed by atoms with Crippen molar-refractivity contribution < 1.29 is 9.47 Å². The molecule has 0 atom stereocenters. The molecule has 1 heterocycles. The van der Waals surface area contributed by atoms with E-state index in [0.29, 0.717) is 35.3 Å². The van der Waals surface area contributed by atoms with Gasteiger partial charge in [0.1, 0.15) is 11.9 Å². The molecule has 1 aromatic carbocycles. The highest BCUT2D eigenvalue weighted by atomic mass is 127. The number of aliphatic imine (C=N–C) groups is 1. The van der Waals surface area contributed by atoms with Crippen LogP contribution in [0.5, 0.6) is 11.6 Å². The Hall–Kier alpha value is -1.74. The molecule has 0 spiro atoms. The van der Waals surface area contributed by atoms with Crippen molar-refractivity contribution in [3.05, 3.63) is 47.1 Å². The minimum atomic E-state index is 0. The molecule has 1 aliphatic carbocycles. The summed E-state index contributed by atoms with van der Waals surface area (Å²) in [5.41, 5.74) is 7.64. The molecule has 2 aromatic rings. The predicted molar refractivity (Wildman–Crippen MR) is 119 cm³/mol. The van der Waals surface area contributed by atoms with E-state index < -0.39 is 0 Å². The zero-order valence-electron chi connectivity index (χ0n) is 15.2. The average Bonchev–Trinajstić information content (AvgIpc) is 3.14. The Bertz CT molecular complexity index is 765. The molecule has 0 saturated heterocycles. The van der Waals surface area contributed by atoms with Crippen LogP contribution in [0.2, 0.25) is 5.02 Å². The van der Waals surface area contributed by atoms with Crippen LogP contribution in [0.4, 0.5) is 5.69 Å². The van der Waals surface area contributed by atoms with E-state index in [-0.39, 0.29) is 24.0 Å². The fourth-order valence-corrected chi connectivity index (χ4v) is 3.12. The maximum atomic E-state index is 6.10. The molecule has 1 aromatic heterocycles. The number of anilines is 1. The van der Waals surface area contributed by atoms with Crippen molar-refractivity contribution in [3.63, 3.8) is 0 Å². The molecule has 0 unspecified atom stereocenters. The SMILES string of the molecule is COc1ccc(NC(N)=NCc2ccc(OC3CCCC3)nc2)cc1Cl.I. The number of guanidine groups is 1. The average molecular weight is 503 g/mol. The van der Waals surface area contributed by atoms with E-state index in [1.807, 2.05) is 18.2 Å². The van der Waals surface area contributed by atoms with Gasteiger partial charge < -0.3 is 20.5 Å². The summed E-state index contributed by atoms with van der Waals surface area (Å²) in [4.78, 5) is 8.67. The second-order valence-electron chi connectivity index (χ2n) is 6.20. The Kier molecular flexibility index (Phi) is 8.43. The first-order valence-corrected chi connectivity index (χ1v) is 9.04. The molecule has 0 aliphatic heterocycles. The smallest absolute Gasteiger partial charge is 0.213 e. The zero-order chi connectivity index (χ0) is 18.4. The van der Waals surface area contributed by atoms with Crippen LogP contribution in [-0.2, 0) is 6.54 Å². The van der Waals surface area contributed by atoms with Crippen molar-refractivity contribution in [2.24, 2.45) is 10.7 Å². The minimum Gasteiger partial charge on any atom is -0.495 e. The fourth-order valence-electron chi connectivity index (χ4n) is 2.86. The standard InChI is InChI=1S/C19H23ClN4O2.HI/c1-25-17-8-7-14(10-16(17)20)24-19(21)23-12-13-6-9-18(22-11-13)26-15-4-2-3-5-15;/h6-11,15H,2-5,12H2,1H3,(H3,21,23,24);1H. The van der Waals surface area contributed by atoms with Gasteiger partial charge in [-0.05, 0) is 49.4 Å². The van der Waals surface area contributed by atoms with Crippen LogP contribution in [-0.4, -0.2) is 24.2 Å². The summed E-state index contributed by atoms with van der Waals surface area (Å²) in [6.07, 6.45) is 6.79. The lowest BCUT2D eigenvalue weighted by Gasteiger charge is -2.12. The van der Waals surface area contributed by atoms with Crippen LogP contribution in [0.15, 0.2) is 41.5 Å². The molecule has 27 heavy (non-hydrogen) atoms. The molecule has 146 valence electrons. The topological polar surface area (TPSA) is 81.8 Å². The molecule has 3 rings (SSSR count). The summed E-state index contributed by atoms with van der Waals surface area (Å²) in [5.74, 6) is 1.58. The Labute approximate surface area is 181 Å². The second kappa shape index (κ2) is 10.6. The van der Waals surface area contributed by atoms with E-state index in [2.05, 4.69) is 15.3 Å². The fraction of sp³-hybridized carbons (Fsp3) is 0.368. The molecule has 0 radical (unpaired) electrons. The number of nitrogens with zero attached hydrogens (tertiary/aromatic N) is 2. The maximum Gasteiger partial charge on any atom is 0.213 e. The lowest BCUT2D eigenvalue weighted by molar-refractivity contribution is 0.201. The van der Waals surface area contributed by atoms with Gasteiger partial charge in [0.2, 0.25) is 5.88 Å². The number of pyridine rings is 1. The van der Waals surface area contributed by atoms with Crippen LogP contribution < -0.4 is 20.5 Å². The first-order valence-electron chi connectivity index (χ1n) is 8.66. The summed E-state index contributed by atoms with van der Waals surface area (Å²) in [5, 5.41) is 3.51. The lowest BCUT2D eigenvalue weighted by Crippen LogP contribution is -2.22. The summed E-state index contributed by atoms with van der Waals surface area (Å²) in [7, 11) is 1.57. The van der Waals surface area contributed by atoms with Gasteiger partial charge in [-0.15, -0.1) is 24.0 Å². The largest absolute Gasteiger partial charge is 0.495 e. The summed E-state index contributed by atoms with van der Waals surface area (Å²) < 4.78 is 11.0. The van der Waals surface area contributed by atoms with Gasteiger partial charge >= 0.3 is 0 Å². The predicted octanol–water partition coefficient (Wildman–Crippen LogP) is 4.61. The van der Waals surface area contributed by atoms with E-state index in [9.17, 15) is 0 Å². The van der Waals surface area contributed by atoms with E-state index in [1.54, 1.807) is 25.4 Å². The number of hydrogen-bond acceptors (Lipinski definition) is 4. The van der Waals surface area contributed by atoms with Crippen molar-refractivity contribution in [1.82, 2.24) is 4.98 Å². The Morgan fingerprint density at radius 2 is 2.07 bits per heavy atom. The highest BCUT2D eigenvalue weighted by molar-refractivity contribution is 14.0. The van der Waals surface area contributed by atoms with E-state index in [1.165, 1.54) is 12.8 Å². The maximum absolute atomic E-state index is 6.10. The second-order valence-corrected chi connectivity index (χ2v) is 6.61. The molecule has 0 amide bonds. The Morgan fingerprint density at radius 3 is 2.70 bits per heavy atom. The van der Waals surface area contributed by atoms with Crippen LogP contribution >= 0.6 is 35.6 Å². The summed E-state index contributed by atoms with van der Waals surface area (Å²) in [6.45, 7) is 0.430. The highest BCUT2D eigenvalue weighted by Gasteiger charge is 2.16. The van der Waals surface area contributed by atoms with Gasteiger partial charge in [0.25, 0.3) is 0 Å². The van der Waals surface area contributed by atoms with Crippen molar-refractivity contribution in [1.29, 1.82) is 0 Å². The van der Waals surface area contributed by atoms with Crippen molar-refractivity contribution in [3.8, 4) is 11.6 Å². The van der Waals surface area contributed by atoms with Crippen LogP contribution in [0, 0.1) is 0 Å². The highest BCUT2D eigenvalue weighted by Crippen LogP contribution is 2.27. The number of nitrogens with two attached hydrogens (primary N) is 1. The first-order chi connectivity index (χ1) is 12.6. The van der Waals surface area contributed by atoms with Crippen molar-refractivity contribution >= 4 is 47.2 Å². The third-order valence-corrected chi connectivity index (χ3v) is 4.54. The van der Waals surface area contributed by atoms with Crippen LogP contribution in [0.25, 0.3) is 0 Å². The van der Waals surface area contributed by atoms with Crippen LogP contribution in [0.3, 0.4) is 0 Å². The number of nitrogens with one attached hydrogen (secondary N) is 1. The summed E-state index contributed by atoms with van der Waals surface area (Å²) in [6, 6.07) is 9.17. The van der Waals surface area contributed by atoms with Gasteiger partial charge in [0, 0.05) is 18.0 Å². The van der Waals surface area contributed by atoms with Gasteiger partial charge in [-0.3, -0.25) is 0 Å². The van der Waals surface area contributed by atoms with E-state index in [0.717, 1.165) is 24.1 Å². The number of aromatic nitrogens is 1. The molecule has 3 N–H and O–H groups in total. The number of hydrogen-bond donors (Lipinski definition) is 2. The molecule has 1 saturated carbocycles. The Balaban J connectivity index is 0.00000261. The summed E-state index contributed by atoms with van der Waals surface area (Å²) >= 11 is 6.10. The lowest BCUT2D eigenvalue weighted by atomic mass is 10.3.